The average Bonchev–Trinajstić information content (AvgIpc) is 3.15. The molecule has 6 nitrogen and oxygen atoms in total. The lowest BCUT2D eigenvalue weighted by atomic mass is 10.0. The van der Waals surface area contributed by atoms with Crippen molar-refractivity contribution in [3.8, 4) is 17.2 Å². The Kier molecular flexibility index (Phi) is 4.76. The van der Waals surface area contributed by atoms with Gasteiger partial charge in [0.1, 0.15) is 5.75 Å². The second kappa shape index (κ2) is 7.51. The SMILES string of the molecule is O=C(CSc1nnc(-c2cccc3ccccc23)o1)Nc1cccc(O)c1. The van der Waals surface area contributed by atoms with E-state index in [2.05, 4.69) is 15.5 Å². The van der Waals surface area contributed by atoms with Crippen LogP contribution >= 0.6 is 11.8 Å². The number of carbonyl (C=O) groups excluding carboxylic acids is 1. The molecule has 0 saturated carbocycles. The molecule has 0 fully saturated rings. The quantitative estimate of drug-likeness (QED) is 0.504. The van der Waals surface area contributed by atoms with Crippen LogP contribution in [0.1, 0.15) is 0 Å². The minimum Gasteiger partial charge on any atom is -0.508 e. The molecule has 1 aromatic heterocycles. The number of hydrogen-bond donors (Lipinski definition) is 2. The zero-order valence-corrected chi connectivity index (χ0v) is 14.9. The minimum atomic E-state index is -0.226. The molecule has 7 heteroatoms. The van der Waals surface area contributed by atoms with Crippen molar-refractivity contribution in [3.63, 3.8) is 0 Å². The number of aromatic nitrogens is 2. The van der Waals surface area contributed by atoms with Gasteiger partial charge >= 0.3 is 0 Å². The molecule has 1 heterocycles. The van der Waals surface area contributed by atoms with E-state index in [-0.39, 0.29) is 17.4 Å². The predicted molar refractivity (Wildman–Crippen MR) is 105 cm³/mol. The topological polar surface area (TPSA) is 88.2 Å². The molecule has 2 N–H and O–H groups in total. The Labute approximate surface area is 159 Å². The Balaban J connectivity index is 1.44. The van der Waals surface area contributed by atoms with E-state index in [0.717, 1.165) is 28.1 Å². The van der Waals surface area contributed by atoms with Crippen LogP contribution in [0.3, 0.4) is 0 Å². The van der Waals surface area contributed by atoms with Crippen LogP contribution in [0.15, 0.2) is 76.4 Å². The summed E-state index contributed by atoms with van der Waals surface area (Å²) >= 11 is 1.16. The molecule has 4 aromatic rings. The van der Waals surface area contributed by atoms with Crippen LogP contribution in [0.4, 0.5) is 5.69 Å². The standard InChI is InChI=1S/C20H15N3O3S/c24-15-8-4-7-14(11-15)21-18(25)12-27-20-23-22-19(26-20)17-10-3-6-13-5-1-2-9-16(13)17/h1-11,24H,12H2,(H,21,25). The number of thioether (sulfide) groups is 1. The highest BCUT2D eigenvalue weighted by Crippen LogP contribution is 2.29. The van der Waals surface area contributed by atoms with Gasteiger partial charge in [0.15, 0.2) is 0 Å². The molecule has 0 unspecified atom stereocenters. The molecule has 1 amide bonds. The zero-order valence-electron chi connectivity index (χ0n) is 14.1. The molecule has 27 heavy (non-hydrogen) atoms. The molecular formula is C20H15N3O3S. The van der Waals surface area contributed by atoms with Crippen LogP contribution in [0.2, 0.25) is 0 Å². The maximum atomic E-state index is 12.0. The average molecular weight is 377 g/mol. The van der Waals surface area contributed by atoms with Crippen molar-refractivity contribution in [1.82, 2.24) is 10.2 Å². The van der Waals surface area contributed by atoms with Crippen LogP contribution in [0.5, 0.6) is 5.75 Å². The fraction of sp³-hybridized carbons (Fsp3) is 0.0500. The predicted octanol–water partition coefficient (Wildman–Crippen LogP) is 4.33. The van der Waals surface area contributed by atoms with E-state index in [0.29, 0.717) is 16.8 Å². The fourth-order valence-corrected chi connectivity index (χ4v) is 3.26. The number of benzene rings is 3. The Morgan fingerprint density at radius 2 is 1.85 bits per heavy atom. The van der Waals surface area contributed by atoms with Crippen molar-refractivity contribution in [2.24, 2.45) is 0 Å². The number of carbonyl (C=O) groups is 1. The summed E-state index contributed by atoms with van der Waals surface area (Å²) in [6, 6.07) is 20.2. The first-order valence-corrected chi connectivity index (χ1v) is 9.21. The number of fused-ring (bicyclic) bond motifs is 1. The molecule has 134 valence electrons. The van der Waals surface area contributed by atoms with Gasteiger partial charge in [-0.2, -0.15) is 0 Å². The maximum absolute atomic E-state index is 12.0. The Hall–Kier alpha value is -3.32. The number of nitrogens with one attached hydrogen (secondary N) is 1. The summed E-state index contributed by atoms with van der Waals surface area (Å²) in [7, 11) is 0. The second-order valence-corrected chi connectivity index (χ2v) is 6.71. The number of nitrogens with zero attached hydrogens (tertiary/aromatic N) is 2. The summed E-state index contributed by atoms with van der Waals surface area (Å²) in [5.41, 5.74) is 1.39. The van der Waals surface area contributed by atoms with Gasteiger partial charge in [-0.3, -0.25) is 4.79 Å². The van der Waals surface area contributed by atoms with Gasteiger partial charge in [-0.1, -0.05) is 54.2 Å². The number of aromatic hydroxyl groups is 1. The Bertz CT molecular complexity index is 1110. The summed E-state index contributed by atoms with van der Waals surface area (Å²) in [5.74, 6) is 0.405. The summed E-state index contributed by atoms with van der Waals surface area (Å²) in [6.07, 6.45) is 0. The second-order valence-electron chi connectivity index (χ2n) is 5.79. The van der Waals surface area contributed by atoms with E-state index in [1.54, 1.807) is 12.1 Å². The Morgan fingerprint density at radius 1 is 1.04 bits per heavy atom. The lowest BCUT2D eigenvalue weighted by Crippen LogP contribution is -2.13. The third-order valence-electron chi connectivity index (χ3n) is 3.88. The van der Waals surface area contributed by atoms with E-state index in [1.165, 1.54) is 12.1 Å². The first kappa shape index (κ1) is 17.1. The molecule has 0 atom stereocenters. The summed E-state index contributed by atoms with van der Waals surface area (Å²) in [4.78, 5) is 12.0. The van der Waals surface area contributed by atoms with Gasteiger partial charge in [0.2, 0.25) is 11.8 Å². The number of amides is 1. The fourth-order valence-electron chi connectivity index (χ4n) is 2.70. The molecule has 0 aliphatic rings. The van der Waals surface area contributed by atoms with Crippen molar-refractivity contribution < 1.29 is 14.3 Å². The third kappa shape index (κ3) is 3.93. The maximum Gasteiger partial charge on any atom is 0.277 e. The first-order valence-electron chi connectivity index (χ1n) is 8.22. The number of phenolic OH excluding ortho intramolecular Hbond substituents is 1. The normalized spacial score (nSPS) is 10.8. The largest absolute Gasteiger partial charge is 0.508 e. The van der Waals surface area contributed by atoms with Crippen LogP contribution < -0.4 is 5.32 Å². The minimum absolute atomic E-state index is 0.0945. The van der Waals surface area contributed by atoms with Gasteiger partial charge in [-0.15, -0.1) is 10.2 Å². The van der Waals surface area contributed by atoms with Crippen molar-refractivity contribution >= 4 is 34.1 Å². The van der Waals surface area contributed by atoms with E-state index in [1.807, 2.05) is 42.5 Å². The lowest BCUT2D eigenvalue weighted by molar-refractivity contribution is -0.113. The number of anilines is 1. The van der Waals surface area contributed by atoms with Crippen LogP contribution in [0, 0.1) is 0 Å². The molecule has 0 saturated heterocycles. The smallest absolute Gasteiger partial charge is 0.277 e. The third-order valence-corrected chi connectivity index (χ3v) is 4.70. The van der Waals surface area contributed by atoms with E-state index in [9.17, 15) is 9.90 Å². The lowest BCUT2D eigenvalue weighted by Gasteiger charge is -2.04. The number of hydrogen-bond acceptors (Lipinski definition) is 6. The van der Waals surface area contributed by atoms with Crippen LogP contribution in [0.25, 0.3) is 22.2 Å². The molecule has 0 bridgehead atoms. The van der Waals surface area contributed by atoms with Crippen molar-refractivity contribution in [3.05, 3.63) is 66.7 Å². The van der Waals surface area contributed by atoms with Gasteiger partial charge in [-0.05, 0) is 29.0 Å². The molecule has 3 aromatic carbocycles. The van der Waals surface area contributed by atoms with Crippen molar-refractivity contribution in [1.29, 1.82) is 0 Å². The molecule has 0 aliphatic carbocycles. The molecule has 4 rings (SSSR count). The summed E-state index contributed by atoms with van der Waals surface area (Å²) < 4.78 is 5.72. The van der Waals surface area contributed by atoms with Crippen LogP contribution in [-0.4, -0.2) is 27.0 Å². The monoisotopic (exact) mass is 377 g/mol. The van der Waals surface area contributed by atoms with E-state index >= 15 is 0 Å². The molecule has 0 aliphatic heterocycles. The number of phenols is 1. The van der Waals surface area contributed by atoms with Gasteiger partial charge in [0.25, 0.3) is 5.22 Å². The summed E-state index contributed by atoms with van der Waals surface area (Å²) in [5, 5.41) is 22.7. The first-order chi connectivity index (χ1) is 13.2. The zero-order chi connectivity index (χ0) is 18.6. The van der Waals surface area contributed by atoms with Crippen molar-refractivity contribution in [2.45, 2.75) is 5.22 Å². The molecule has 0 spiro atoms. The molecule has 0 radical (unpaired) electrons. The highest BCUT2D eigenvalue weighted by Gasteiger charge is 2.13. The Morgan fingerprint density at radius 3 is 2.74 bits per heavy atom. The highest BCUT2D eigenvalue weighted by molar-refractivity contribution is 7.99. The highest BCUT2D eigenvalue weighted by atomic mass is 32.2. The molecular weight excluding hydrogens is 362 g/mol. The van der Waals surface area contributed by atoms with Gasteiger partial charge in [0.05, 0.1) is 5.75 Å². The summed E-state index contributed by atoms with van der Waals surface area (Å²) in [6.45, 7) is 0. The van der Waals surface area contributed by atoms with Gasteiger partial charge in [0, 0.05) is 17.3 Å². The van der Waals surface area contributed by atoms with E-state index in [4.69, 9.17) is 4.42 Å². The number of rotatable bonds is 5. The van der Waals surface area contributed by atoms with Crippen LogP contribution in [-0.2, 0) is 4.79 Å². The van der Waals surface area contributed by atoms with E-state index < -0.39 is 0 Å². The van der Waals surface area contributed by atoms with Gasteiger partial charge in [-0.25, -0.2) is 0 Å². The van der Waals surface area contributed by atoms with Crippen molar-refractivity contribution in [2.75, 3.05) is 11.1 Å². The van der Waals surface area contributed by atoms with Gasteiger partial charge < -0.3 is 14.8 Å².